The van der Waals surface area contributed by atoms with E-state index in [4.69, 9.17) is 9.88 Å². The van der Waals surface area contributed by atoms with Crippen molar-refractivity contribution in [2.75, 3.05) is 20.2 Å². The lowest BCUT2D eigenvalue weighted by atomic mass is 10.2. The molecule has 96 valence electrons. The molecule has 5 nitrogen and oxygen atoms in total. The fourth-order valence-corrected chi connectivity index (χ4v) is 1.66. The first-order valence-corrected chi connectivity index (χ1v) is 6.86. The predicted octanol–water partition coefficient (Wildman–Crippen LogP) is 0.729. The Morgan fingerprint density at radius 2 is 1.94 bits per heavy atom. The van der Waals surface area contributed by atoms with Crippen LogP contribution >= 0.6 is 0 Å². The summed E-state index contributed by atoms with van der Waals surface area (Å²) in [5, 5.41) is 4.94. The van der Waals surface area contributed by atoms with Crippen molar-refractivity contribution in [1.29, 1.82) is 0 Å². The molecule has 0 aliphatic heterocycles. The molecular weight excluding hydrogens is 240 g/mol. The Bertz CT molecular complexity index is 420. The van der Waals surface area contributed by atoms with Gasteiger partial charge >= 0.3 is 0 Å². The Kier molecular flexibility index (Phi) is 5.57. The topological polar surface area (TPSA) is 72.6 Å². The van der Waals surface area contributed by atoms with Gasteiger partial charge in [-0.3, -0.25) is 0 Å². The zero-order valence-electron chi connectivity index (χ0n) is 9.87. The van der Waals surface area contributed by atoms with Crippen LogP contribution in [0.3, 0.4) is 0 Å². The number of hydrogen-bond donors (Lipinski definition) is 1. The van der Waals surface area contributed by atoms with Crippen LogP contribution in [0.5, 0.6) is 0 Å². The molecule has 0 unspecified atom stereocenters. The van der Waals surface area contributed by atoms with E-state index in [0.29, 0.717) is 26.2 Å². The second-order valence-electron chi connectivity index (χ2n) is 3.76. The first-order valence-electron chi connectivity index (χ1n) is 5.36. The second-order valence-corrected chi connectivity index (χ2v) is 5.41. The largest absolute Gasteiger partial charge is 0.377 e. The Hall–Kier alpha value is -0.950. The smallest absolute Gasteiger partial charge is 0.276 e. The van der Waals surface area contributed by atoms with Gasteiger partial charge in [0.25, 0.3) is 10.2 Å². The highest BCUT2D eigenvalue weighted by atomic mass is 32.2. The third kappa shape index (κ3) is 5.78. The molecule has 0 radical (unpaired) electrons. The number of nitrogens with two attached hydrogens (primary N) is 1. The van der Waals surface area contributed by atoms with Gasteiger partial charge in [-0.2, -0.15) is 12.7 Å². The third-order valence-corrected chi connectivity index (χ3v) is 3.36. The molecule has 6 heteroatoms. The van der Waals surface area contributed by atoms with Crippen molar-refractivity contribution in [3.8, 4) is 0 Å². The summed E-state index contributed by atoms with van der Waals surface area (Å²) < 4.78 is 28.3. The lowest BCUT2D eigenvalue weighted by Crippen LogP contribution is -2.34. The lowest BCUT2D eigenvalue weighted by molar-refractivity contribution is 0.116. The number of rotatable bonds is 7. The highest BCUT2D eigenvalue weighted by molar-refractivity contribution is 7.86. The second kappa shape index (κ2) is 6.70. The molecule has 0 aliphatic rings. The first-order chi connectivity index (χ1) is 8.00. The van der Waals surface area contributed by atoms with Gasteiger partial charge in [0.05, 0.1) is 6.61 Å². The third-order valence-electron chi connectivity index (χ3n) is 2.31. The van der Waals surface area contributed by atoms with E-state index in [1.54, 1.807) is 0 Å². The maximum atomic E-state index is 10.9. The van der Waals surface area contributed by atoms with Crippen molar-refractivity contribution >= 4 is 10.2 Å². The van der Waals surface area contributed by atoms with Gasteiger partial charge in [-0.15, -0.1) is 0 Å². The molecule has 0 saturated carbocycles. The summed E-state index contributed by atoms with van der Waals surface area (Å²) in [6, 6.07) is 9.82. The quantitative estimate of drug-likeness (QED) is 0.733. The SMILES string of the molecule is CN(CCCOCc1ccccc1)S(N)(=O)=O. The summed E-state index contributed by atoms with van der Waals surface area (Å²) >= 11 is 0. The molecule has 1 aromatic carbocycles. The molecule has 0 bridgehead atoms. The van der Waals surface area contributed by atoms with Gasteiger partial charge in [0.15, 0.2) is 0 Å². The number of ether oxygens (including phenoxy) is 1. The van der Waals surface area contributed by atoms with Gasteiger partial charge in [-0.1, -0.05) is 30.3 Å². The van der Waals surface area contributed by atoms with E-state index in [1.807, 2.05) is 30.3 Å². The van der Waals surface area contributed by atoms with Crippen LogP contribution in [-0.4, -0.2) is 32.9 Å². The monoisotopic (exact) mass is 258 g/mol. The average molecular weight is 258 g/mol. The van der Waals surface area contributed by atoms with Crippen LogP contribution in [0.25, 0.3) is 0 Å². The summed E-state index contributed by atoms with van der Waals surface area (Å²) in [7, 11) is -2.11. The molecule has 0 aromatic heterocycles. The van der Waals surface area contributed by atoms with Gasteiger partial charge in [-0.05, 0) is 12.0 Å². The van der Waals surface area contributed by atoms with Crippen molar-refractivity contribution < 1.29 is 13.2 Å². The summed E-state index contributed by atoms with van der Waals surface area (Å²) in [6.45, 7) is 1.42. The van der Waals surface area contributed by atoms with Crippen molar-refractivity contribution in [2.45, 2.75) is 13.0 Å². The molecule has 0 saturated heterocycles. The first kappa shape index (κ1) is 14.1. The number of nitrogens with zero attached hydrogens (tertiary/aromatic N) is 1. The zero-order chi connectivity index (χ0) is 12.7. The molecule has 1 rings (SSSR count). The molecule has 0 aliphatic carbocycles. The van der Waals surface area contributed by atoms with Crippen LogP contribution in [0.4, 0.5) is 0 Å². The average Bonchev–Trinajstić information content (AvgIpc) is 2.28. The highest BCUT2D eigenvalue weighted by Gasteiger charge is 2.09. The molecule has 0 spiro atoms. The van der Waals surface area contributed by atoms with Gasteiger partial charge < -0.3 is 4.74 Å². The Morgan fingerprint density at radius 3 is 2.53 bits per heavy atom. The molecule has 0 amide bonds. The van der Waals surface area contributed by atoms with Crippen LogP contribution in [0, 0.1) is 0 Å². The Labute approximate surface area is 102 Å². The minimum Gasteiger partial charge on any atom is -0.377 e. The fourth-order valence-electron chi connectivity index (χ4n) is 1.28. The van der Waals surface area contributed by atoms with E-state index in [0.717, 1.165) is 9.87 Å². The van der Waals surface area contributed by atoms with Crippen molar-refractivity contribution in [3.63, 3.8) is 0 Å². The fraction of sp³-hybridized carbons (Fsp3) is 0.455. The van der Waals surface area contributed by atoms with Crippen LogP contribution in [0.15, 0.2) is 30.3 Å². The van der Waals surface area contributed by atoms with E-state index in [-0.39, 0.29) is 0 Å². The Morgan fingerprint density at radius 1 is 1.29 bits per heavy atom. The number of benzene rings is 1. The van der Waals surface area contributed by atoms with Crippen LogP contribution in [0.1, 0.15) is 12.0 Å². The van der Waals surface area contributed by atoms with Gasteiger partial charge in [0.2, 0.25) is 0 Å². The normalized spacial score (nSPS) is 11.9. The summed E-state index contributed by atoms with van der Waals surface area (Å²) in [5.41, 5.74) is 1.10. The van der Waals surface area contributed by atoms with E-state index in [2.05, 4.69) is 0 Å². The molecule has 2 N–H and O–H groups in total. The van der Waals surface area contributed by atoms with E-state index in [1.165, 1.54) is 7.05 Å². The Balaban J connectivity index is 2.14. The van der Waals surface area contributed by atoms with Gasteiger partial charge in [0.1, 0.15) is 0 Å². The van der Waals surface area contributed by atoms with Crippen LogP contribution in [-0.2, 0) is 21.6 Å². The minimum absolute atomic E-state index is 0.369. The maximum Gasteiger partial charge on any atom is 0.276 e. The molecule has 0 atom stereocenters. The minimum atomic E-state index is -3.56. The predicted molar refractivity (Wildman–Crippen MR) is 66.5 cm³/mol. The molecule has 0 heterocycles. The van der Waals surface area contributed by atoms with Crippen molar-refractivity contribution in [1.82, 2.24) is 4.31 Å². The highest BCUT2D eigenvalue weighted by Crippen LogP contribution is 2.01. The van der Waals surface area contributed by atoms with Crippen molar-refractivity contribution in [3.05, 3.63) is 35.9 Å². The standard InChI is InChI=1S/C11H18N2O3S/c1-13(17(12,14)15)8-5-9-16-10-11-6-3-2-4-7-11/h2-4,6-7H,5,8-10H2,1H3,(H2,12,14,15). The van der Waals surface area contributed by atoms with E-state index >= 15 is 0 Å². The van der Waals surface area contributed by atoms with Crippen LogP contribution < -0.4 is 5.14 Å². The van der Waals surface area contributed by atoms with Gasteiger partial charge in [0, 0.05) is 20.2 Å². The van der Waals surface area contributed by atoms with Crippen LogP contribution in [0.2, 0.25) is 0 Å². The maximum absolute atomic E-state index is 10.9. The van der Waals surface area contributed by atoms with E-state index < -0.39 is 10.2 Å². The van der Waals surface area contributed by atoms with E-state index in [9.17, 15) is 8.42 Å². The zero-order valence-corrected chi connectivity index (χ0v) is 10.7. The molecule has 1 aromatic rings. The molecule has 17 heavy (non-hydrogen) atoms. The molecular formula is C11H18N2O3S. The lowest BCUT2D eigenvalue weighted by Gasteiger charge is -2.13. The number of hydrogen-bond acceptors (Lipinski definition) is 3. The van der Waals surface area contributed by atoms with Crippen molar-refractivity contribution in [2.24, 2.45) is 5.14 Å². The summed E-state index contributed by atoms with van der Waals surface area (Å²) in [6.07, 6.45) is 0.625. The summed E-state index contributed by atoms with van der Waals surface area (Å²) in [4.78, 5) is 0. The molecule has 0 fully saturated rings. The summed E-state index contributed by atoms with van der Waals surface area (Å²) in [5.74, 6) is 0. The van der Waals surface area contributed by atoms with Gasteiger partial charge in [-0.25, -0.2) is 5.14 Å².